The van der Waals surface area contributed by atoms with Gasteiger partial charge < -0.3 is 14.8 Å². The zero-order valence-electron chi connectivity index (χ0n) is 13.9. The van der Waals surface area contributed by atoms with E-state index in [4.69, 9.17) is 9.47 Å². The molecule has 0 unspecified atom stereocenters. The van der Waals surface area contributed by atoms with Crippen LogP contribution in [0.4, 0.5) is 0 Å². The standard InChI is InChI=1S/C19H23N3O2/c1-14-9-15(4-5-18(14)24-16-3-2-6-20-10-16)13-22-7-8-23-19-12-21-11-17(19)22/h2-6,9-10,17,19,21H,7-8,11-13H2,1H3/t17-,19+/m1/s1. The smallest absolute Gasteiger partial charge is 0.145 e. The monoisotopic (exact) mass is 325 g/mol. The maximum absolute atomic E-state index is 5.92. The maximum Gasteiger partial charge on any atom is 0.145 e. The van der Waals surface area contributed by atoms with Crippen LogP contribution in [-0.2, 0) is 11.3 Å². The number of fused-ring (bicyclic) bond motifs is 1. The summed E-state index contributed by atoms with van der Waals surface area (Å²) in [6.07, 6.45) is 3.82. The summed E-state index contributed by atoms with van der Waals surface area (Å²) in [7, 11) is 0. The first-order chi connectivity index (χ1) is 11.8. The van der Waals surface area contributed by atoms with Crippen molar-refractivity contribution >= 4 is 0 Å². The molecule has 1 aromatic carbocycles. The first-order valence-electron chi connectivity index (χ1n) is 8.53. The molecular weight excluding hydrogens is 302 g/mol. The predicted octanol–water partition coefficient (Wildman–Crippen LogP) is 2.35. The summed E-state index contributed by atoms with van der Waals surface area (Å²) in [5.74, 6) is 1.65. The summed E-state index contributed by atoms with van der Waals surface area (Å²) in [6, 6.07) is 10.7. The van der Waals surface area contributed by atoms with Crippen LogP contribution in [0.25, 0.3) is 0 Å². The van der Waals surface area contributed by atoms with Gasteiger partial charge in [0.25, 0.3) is 0 Å². The number of hydrogen-bond donors (Lipinski definition) is 1. The van der Waals surface area contributed by atoms with Gasteiger partial charge in [-0.1, -0.05) is 12.1 Å². The zero-order chi connectivity index (χ0) is 16.4. The highest BCUT2D eigenvalue weighted by Gasteiger charge is 2.35. The summed E-state index contributed by atoms with van der Waals surface area (Å²) in [5.41, 5.74) is 2.46. The van der Waals surface area contributed by atoms with Gasteiger partial charge in [-0.25, -0.2) is 0 Å². The van der Waals surface area contributed by atoms with Gasteiger partial charge in [0.05, 0.1) is 18.9 Å². The largest absolute Gasteiger partial charge is 0.455 e. The Kier molecular flexibility index (Phi) is 4.47. The van der Waals surface area contributed by atoms with Crippen molar-refractivity contribution in [2.24, 2.45) is 0 Å². The second-order valence-electron chi connectivity index (χ2n) is 6.50. The predicted molar refractivity (Wildman–Crippen MR) is 92.3 cm³/mol. The molecule has 2 saturated heterocycles. The number of aromatic nitrogens is 1. The van der Waals surface area contributed by atoms with Crippen molar-refractivity contribution in [3.05, 3.63) is 53.9 Å². The molecule has 3 heterocycles. The number of pyridine rings is 1. The van der Waals surface area contributed by atoms with E-state index in [1.54, 1.807) is 12.4 Å². The molecule has 5 nitrogen and oxygen atoms in total. The number of nitrogens with one attached hydrogen (secondary N) is 1. The van der Waals surface area contributed by atoms with Gasteiger partial charge in [0.15, 0.2) is 0 Å². The Balaban J connectivity index is 1.46. The molecule has 4 rings (SSSR count). The number of benzene rings is 1. The lowest BCUT2D eigenvalue weighted by Gasteiger charge is -2.37. The Morgan fingerprint density at radius 2 is 2.29 bits per heavy atom. The fourth-order valence-electron chi connectivity index (χ4n) is 3.55. The minimum atomic E-state index is 0.341. The molecule has 0 saturated carbocycles. The third-order valence-electron chi connectivity index (χ3n) is 4.79. The van der Waals surface area contributed by atoms with Crippen molar-refractivity contribution in [3.8, 4) is 11.5 Å². The molecule has 0 amide bonds. The van der Waals surface area contributed by atoms with Gasteiger partial charge in [0, 0.05) is 38.4 Å². The molecule has 2 fully saturated rings. The molecule has 0 radical (unpaired) electrons. The van der Waals surface area contributed by atoms with Crippen molar-refractivity contribution in [2.45, 2.75) is 25.6 Å². The lowest BCUT2D eigenvalue weighted by Crippen LogP contribution is -2.50. The number of morpholine rings is 1. The van der Waals surface area contributed by atoms with Gasteiger partial charge in [-0.3, -0.25) is 9.88 Å². The van der Waals surface area contributed by atoms with E-state index in [9.17, 15) is 0 Å². The van der Waals surface area contributed by atoms with Crippen molar-refractivity contribution < 1.29 is 9.47 Å². The second-order valence-corrected chi connectivity index (χ2v) is 6.50. The van der Waals surface area contributed by atoms with Gasteiger partial charge in [-0.15, -0.1) is 0 Å². The van der Waals surface area contributed by atoms with E-state index < -0.39 is 0 Å². The molecule has 2 aliphatic heterocycles. The van der Waals surface area contributed by atoms with Gasteiger partial charge in [0.2, 0.25) is 0 Å². The number of hydrogen-bond acceptors (Lipinski definition) is 5. The van der Waals surface area contributed by atoms with Crippen LogP contribution in [-0.4, -0.2) is 48.3 Å². The molecule has 24 heavy (non-hydrogen) atoms. The molecular formula is C19H23N3O2. The number of aryl methyl sites for hydroxylation is 1. The highest BCUT2D eigenvalue weighted by Crippen LogP contribution is 2.27. The highest BCUT2D eigenvalue weighted by molar-refractivity contribution is 5.39. The average Bonchev–Trinajstić information content (AvgIpc) is 3.08. The van der Waals surface area contributed by atoms with Gasteiger partial charge in [0.1, 0.15) is 11.5 Å². The third kappa shape index (κ3) is 3.29. The SMILES string of the molecule is Cc1cc(CN2CCO[C@H]3CNC[C@H]32)ccc1Oc1cccnc1. The van der Waals surface area contributed by atoms with Crippen molar-refractivity contribution in [3.63, 3.8) is 0 Å². The quantitative estimate of drug-likeness (QED) is 0.935. The molecule has 126 valence electrons. The van der Waals surface area contributed by atoms with Crippen molar-refractivity contribution in [1.29, 1.82) is 0 Å². The number of ether oxygens (including phenoxy) is 2. The van der Waals surface area contributed by atoms with Crippen LogP contribution in [0, 0.1) is 6.92 Å². The van der Waals surface area contributed by atoms with E-state index in [1.165, 1.54) is 5.56 Å². The van der Waals surface area contributed by atoms with E-state index >= 15 is 0 Å². The van der Waals surface area contributed by atoms with E-state index in [0.717, 1.165) is 49.8 Å². The molecule has 5 heteroatoms. The van der Waals surface area contributed by atoms with Crippen LogP contribution in [0.1, 0.15) is 11.1 Å². The van der Waals surface area contributed by atoms with Crippen molar-refractivity contribution in [1.82, 2.24) is 15.2 Å². The van der Waals surface area contributed by atoms with Crippen molar-refractivity contribution in [2.75, 3.05) is 26.2 Å². The summed E-state index contributed by atoms with van der Waals surface area (Å²) in [5, 5.41) is 3.44. The molecule has 2 aromatic rings. The summed E-state index contributed by atoms with van der Waals surface area (Å²) in [6.45, 7) is 6.86. The Bertz CT molecular complexity index is 692. The van der Waals surface area contributed by atoms with Gasteiger partial charge in [-0.05, 0) is 36.2 Å². The van der Waals surface area contributed by atoms with E-state index in [2.05, 4.69) is 40.3 Å². The summed E-state index contributed by atoms with van der Waals surface area (Å²) >= 11 is 0. The Morgan fingerprint density at radius 1 is 1.33 bits per heavy atom. The second kappa shape index (κ2) is 6.89. The molecule has 0 aliphatic carbocycles. The van der Waals surface area contributed by atoms with Crippen LogP contribution in [0.2, 0.25) is 0 Å². The zero-order valence-corrected chi connectivity index (χ0v) is 13.9. The van der Waals surface area contributed by atoms with Crippen LogP contribution in [0.3, 0.4) is 0 Å². The fraction of sp³-hybridized carbons (Fsp3) is 0.421. The van der Waals surface area contributed by atoms with Gasteiger partial charge >= 0.3 is 0 Å². The molecule has 1 aromatic heterocycles. The minimum Gasteiger partial charge on any atom is -0.455 e. The maximum atomic E-state index is 5.92. The third-order valence-corrected chi connectivity index (χ3v) is 4.79. The first-order valence-corrected chi connectivity index (χ1v) is 8.53. The summed E-state index contributed by atoms with van der Waals surface area (Å²) < 4.78 is 11.8. The number of rotatable bonds is 4. The summed E-state index contributed by atoms with van der Waals surface area (Å²) in [4.78, 5) is 6.62. The van der Waals surface area contributed by atoms with Crippen LogP contribution in [0.15, 0.2) is 42.7 Å². The fourth-order valence-corrected chi connectivity index (χ4v) is 3.55. The topological polar surface area (TPSA) is 46.6 Å². The Labute approximate surface area is 142 Å². The molecule has 0 spiro atoms. The molecule has 1 N–H and O–H groups in total. The van der Waals surface area contributed by atoms with E-state index in [-0.39, 0.29) is 0 Å². The van der Waals surface area contributed by atoms with E-state index in [1.807, 2.05) is 12.1 Å². The van der Waals surface area contributed by atoms with E-state index in [0.29, 0.717) is 12.1 Å². The lowest BCUT2D eigenvalue weighted by atomic mass is 10.1. The lowest BCUT2D eigenvalue weighted by molar-refractivity contribution is -0.0500. The Hall–Kier alpha value is -1.95. The normalized spacial score (nSPS) is 23.9. The average molecular weight is 325 g/mol. The van der Waals surface area contributed by atoms with Crippen LogP contribution in [0.5, 0.6) is 11.5 Å². The van der Waals surface area contributed by atoms with Crippen LogP contribution < -0.4 is 10.1 Å². The molecule has 2 atom stereocenters. The van der Waals surface area contributed by atoms with Crippen LogP contribution >= 0.6 is 0 Å². The first kappa shape index (κ1) is 15.6. The highest BCUT2D eigenvalue weighted by atomic mass is 16.5. The molecule has 0 bridgehead atoms. The minimum absolute atomic E-state index is 0.341. The van der Waals surface area contributed by atoms with Gasteiger partial charge in [-0.2, -0.15) is 0 Å². The molecule has 2 aliphatic rings. The Morgan fingerprint density at radius 3 is 3.12 bits per heavy atom. The number of nitrogens with zero attached hydrogens (tertiary/aromatic N) is 2.